The minimum Gasteiger partial charge on any atom is -0.508 e. The van der Waals surface area contributed by atoms with Crippen LogP contribution in [0.4, 0.5) is 0 Å². The van der Waals surface area contributed by atoms with Gasteiger partial charge in [0.2, 0.25) is 0 Å². The molecule has 24 heavy (non-hydrogen) atoms. The van der Waals surface area contributed by atoms with Gasteiger partial charge < -0.3 is 20.5 Å². The Labute approximate surface area is 163 Å². The van der Waals surface area contributed by atoms with Crippen molar-refractivity contribution < 1.29 is 9.84 Å². The molecule has 1 aromatic rings. The Hall–Kier alpha value is -1.18. The van der Waals surface area contributed by atoms with Gasteiger partial charge >= 0.3 is 0 Å². The molecule has 1 aromatic carbocycles. The van der Waals surface area contributed by atoms with Gasteiger partial charge in [0.05, 0.1) is 13.7 Å². The van der Waals surface area contributed by atoms with Crippen LogP contribution in [0.15, 0.2) is 23.2 Å². The average molecular weight is 449 g/mol. The van der Waals surface area contributed by atoms with Gasteiger partial charge in [-0.3, -0.25) is 0 Å². The number of nitrogens with one attached hydrogen (secondary N) is 2. The zero-order valence-electron chi connectivity index (χ0n) is 15.3. The molecule has 3 N–H and O–H groups in total. The Bertz CT molecular complexity index is 493. The minimum atomic E-state index is 0. The molecule has 0 aliphatic heterocycles. The van der Waals surface area contributed by atoms with Gasteiger partial charge in [-0.15, -0.1) is 24.0 Å². The number of methoxy groups -OCH3 is 1. The van der Waals surface area contributed by atoms with Crippen molar-refractivity contribution in [1.29, 1.82) is 0 Å². The minimum absolute atomic E-state index is 0. The Balaban J connectivity index is 0.00000529. The maximum absolute atomic E-state index is 9.91. The largest absolute Gasteiger partial charge is 0.508 e. The topological polar surface area (TPSA) is 65.9 Å². The maximum atomic E-state index is 9.91. The van der Waals surface area contributed by atoms with E-state index in [-0.39, 0.29) is 29.7 Å². The van der Waals surface area contributed by atoms with Gasteiger partial charge in [-0.25, -0.2) is 4.99 Å². The third-order valence-corrected chi connectivity index (χ3v) is 3.54. The first-order valence-corrected chi connectivity index (χ1v) is 8.44. The standard InChI is InChI=1S/C18H31N3O2.HI/c1-5-19-18(20-11-7-6-8-14(2)3)21-13-15-12-16(23-4)9-10-17(15)22;/h9-10,12,14,22H,5-8,11,13H2,1-4H3,(H2,19,20,21);1H. The van der Waals surface area contributed by atoms with Gasteiger partial charge in [-0.05, 0) is 37.5 Å². The number of guanidine groups is 1. The fourth-order valence-corrected chi connectivity index (χ4v) is 2.21. The highest BCUT2D eigenvalue weighted by Crippen LogP contribution is 2.23. The van der Waals surface area contributed by atoms with Crippen molar-refractivity contribution in [2.75, 3.05) is 20.2 Å². The molecule has 0 saturated carbocycles. The molecule has 1 rings (SSSR count). The summed E-state index contributed by atoms with van der Waals surface area (Å²) >= 11 is 0. The second-order valence-corrected chi connectivity index (χ2v) is 6.01. The highest BCUT2D eigenvalue weighted by atomic mass is 127. The SMILES string of the molecule is CCNC(=NCc1cc(OC)ccc1O)NCCCCC(C)C.I. The summed E-state index contributed by atoms with van der Waals surface area (Å²) in [5.41, 5.74) is 0.751. The second kappa shape index (κ2) is 13.1. The molecular formula is C18H32IN3O2. The van der Waals surface area contributed by atoms with Crippen LogP contribution in [-0.2, 0) is 6.54 Å². The van der Waals surface area contributed by atoms with Crippen LogP contribution < -0.4 is 15.4 Å². The van der Waals surface area contributed by atoms with E-state index in [1.807, 2.05) is 13.0 Å². The lowest BCUT2D eigenvalue weighted by Crippen LogP contribution is -2.37. The number of unbranched alkanes of at least 4 members (excludes halogenated alkanes) is 1. The molecule has 0 saturated heterocycles. The number of rotatable bonds is 9. The summed E-state index contributed by atoms with van der Waals surface area (Å²) in [5.74, 6) is 2.49. The molecule has 0 heterocycles. The molecule has 0 aromatic heterocycles. The average Bonchev–Trinajstić information content (AvgIpc) is 2.53. The van der Waals surface area contributed by atoms with Gasteiger partial charge in [0.1, 0.15) is 11.5 Å². The smallest absolute Gasteiger partial charge is 0.191 e. The quantitative estimate of drug-likeness (QED) is 0.232. The maximum Gasteiger partial charge on any atom is 0.191 e. The number of aliphatic imine (C=N–C) groups is 1. The fraction of sp³-hybridized carbons (Fsp3) is 0.611. The van der Waals surface area contributed by atoms with Crippen molar-refractivity contribution in [2.45, 2.75) is 46.6 Å². The van der Waals surface area contributed by atoms with Crippen LogP contribution in [0, 0.1) is 5.92 Å². The third-order valence-electron chi connectivity index (χ3n) is 3.54. The Kier molecular flexibility index (Phi) is 12.5. The van der Waals surface area contributed by atoms with E-state index in [1.165, 1.54) is 12.8 Å². The van der Waals surface area contributed by atoms with Crippen LogP contribution in [0.3, 0.4) is 0 Å². The molecule has 0 fully saturated rings. The Morgan fingerprint density at radius 2 is 2.00 bits per heavy atom. The van der Waals surface area contributed by atoms with Crippen LogP contribution in [0.1, 0.15) is 45.6 Å². The van der Waals surface area contributed by atoms with Crippen molar-refractivity contribution in [1.82, 2.24) is 10.6 Å². The second-order valence-electron chi connectivity index (χ2n) is 6.01. The summed E-state index contributed by atoms with van der Waals surface area (Å²) in [6, 6.07) is 5.18. The van der Waals surface area contributed by atoms with Crippen LogP contribution in [0.2, 0.25) is 0 Å². The van der Waals surface area contributed by atoms with E-state index in [0.717, 1.165) is 42.7 Å². The summed E-state index contributed by atoms with van der Waals surface area (Å²) in [6.45, 7) is 8.66. The first-order valence-electron chi connectivity index (χ1n) is 8.44. The van der Waals surface area contributed by atoms with Crippen LogP contribution in [0.5, 0.6) is 11.5 Å². The molecule has 0 amide bonds. The summed E-state index contributed by atoms with van der Waals surface area (Å²) in [4.78, 5) is 4.53. The Morgan fingerprint density at radius 1 is 1.25 bits per heavy atom. The molecule has 5 nitrogen and oxygen atoms in total. The number of phenols is 1. The number of aromatic hydroxyl groups is 1. The first-order chi connectivity index (χ1) is 11.1. The molecule has 0 aliphatic rings. The van der Waals surface area contributed by atoms with Crippen molar-refractivity contribution in [3.63, 3.8) is 0 Å². The normalized spacial score (nSPS) is 11.1. The van der Waals surface area contributed by atoms with E-state index in [4.69, 9.17) is 4.74 Å². The summed E-state index contributed by atoms with van der Waals surface area (Å²) in [6.07, 6.45) is 3.61. The van der Waals surface area contributed by atoms with Crippen molar-refractivity contribution in [2.24, 2.45) is 10.9 Å². The van der Waals surface area contributed by atoms with Crippen molar-refractivity contribution in [3.8, 4) is 11.5 Å². The number of hydrogen-bond donors (Lipinski definition) is 3. The molecule has 0 aliphatic carbocycles. The lowest BCUT2D eigenvalue weighted by atomic mass is 10.1. The molecular weight excluding hydrogens is 417 g/mol. The molecule has 0 bridgehead atoms. The summed E-state index contributed by atoms with van der Waals surface area (Å²) < 4.78 is 5.18. The number of benzene rings is 1. The summed E-state index contributed by atoms with van der Waals surface area (Å²) in [7, 11) is 1.61. The molecule has 0 unspecified atom stereocenters. The van der Waals surface area contributed by atoms with E-state index >= 15 is 0 Å². The number of hydrogen-bond acceptors (Lipinski definition) is 3. The predicted molar refractivity (Wildman–Crippen MR) is 112 cm³/mol. The third kappa shape index (κ3) is 9.20. The number of halogens is 1. The highest BCUT2D eigenvalue weighted by Gasteiger charge is 2.04. The van der Waals surface area contributed by atoms with Crippen LogP contribution in [-0.4, -0.2) is 31.3 Å². The van der Waals surface area contributed by atoms with Gasteiger partial charge in [0, 0.05) is 18.7 Å². The predicted octanol–water partition coefficient (Wildman–Crippen LogP) is 3.90. The monoisotopic (exact) mass is 449 g/mol. The van der Waals surface area contributed by atoms with E-state index in [0.29, 0.717) is 6.54 Å². The van der Waals surface area contributed by atoms with Crippen molar-refractivity contribution >= 4 is 29.9 Å². The lowest BCUT2D eigenvalue weighted by molar-refractivity contribution is 0.411. The molecule has 138 valence electrons. The van der Waals surface area contributed by atoms with E-state index < -0.39 is 0 Å². The summed E-state index contributed by atoms with van der Waals surface area (Å²) in [5, 5.41) is 16.5. The molecule has 0 spiro atoms. The van der Waals surface area contributed by atoms with Crippen molar-refractivity contribution in [3.05, 3.63) is 23.8 Å². The molecule has 0 radical (unpaired) electrons. The number of nitrogens with zero attached hydrogens (tertiary/aromatic N) is 1. The number of ether oxygens (including phenoxy) is 1. The molecule has 0 atom stereocenters. The van der Waals surface area contributed by atoms with E-state index in [1.54, 1.807) is 19.2 Å². The van der Waals surface area contributed by atoms with Gasteiger partial charge in [-0.1, -0.05) is 26.7 Å². The zero-order chi connectivity index (χ0) is 17.1. The van der Waals surface area contributed by atoms with Gasteiger partial charge in [0.15, 0.2) is 5.96 Å². The van der Waals surface area contributed by atoms with Crippen LogP contribution >= 0.6 is 24.0 Å². The van der Waals surface area contributed by atoms with E-state index in [2.05, 4.69) is 29.5 Å². The fourth-order valence-electron chi connectivity index (χ4n) is 2.21. The van der Waals surface area contributed by atoms with Gasteiger partial charge in [-0.2, -0.15) is 0 Å². The van der Waals surface area contributed by atoms with Gasteiger partial charge in [0.25, 0.3) is 0 Å². The van der Waals surface area contributed by atoms with Crippen LogP contribution in [0.25, 0.3) is 0 Å². The lowest BCUT2D eigenvalue weighted by Gasteiger charge is -2.12. The zero-order valence-corrected chi connectivity index (χ0v) is 17.6. The van der Waals surface area contributed by atoms with E-state index in [9.17, 15) is 5.11 Å². The highest BCUT2D eigenvalue weighted by molar-refractivity contribution is 14.0. The number of phenolic OH excluding ortho intramolecular Hbond substituents is 1. The Morgan fingerprint density at radius 3 is 2.62 bits per heavy atom. The first kappa shape index (κ1) is 22.8. The molecule has 6 heteroatoms.